The zero-order valence-electron chi connectivity index (χ0n) is 3.22. The molecule has 0 aromatic carbocycles. The van der Waals surface area contributed by atoms with Gasteiger partial charge >= 0.3 is 57.6 Å². The van der Waals surface area contributed by atoms with Crippen molar-refractivity contribution in [3.8, 4) is 0 Å². The fourth-order valence-electron chi connectivity index (χ4n) is 0. The molecule has 0 rings (SSSR count). The van der Waals surface area contributed by atoms with E-state index in [1.165, 1.54) is 5.82 Å². The minimum Gasteiger partial charge on any atom is 1.00 e. The van der Waals surface area contributed by atoms with Crippen LogP contribution < -0.4 is 33.7 Å². The van der Waals surface area contributed by atoms with Crippen LogP contribution in [0.1, 0.15) is 0 Å². The topological polar surface area (TPSA) is 40.1 Å². The third-order valence-corrected chi connectivity index (χ3v) is 0. The summed E-state index contributed by atoms with van der Waals surface area (Å²) in [6.45, 7) is 0. The van der Waals surface area contributed by atoms with Crippen molar-refractivity contribution in [2.75, 3.05) is 0 Å². The smallest absolute Gasteiger partial charge is 1.00 e. The molecular weight excluding hydrogens is 146 g/mol. The van der Waals surface area contributed by atoms with Crippen LogP contribution in [0.25, 0.3) is 0 Å². The minimum atomic E-state index is -2.54. The Morgan fingerprint density at radius 1 is 1.80 bits per heavy atom. The predicted molar refractivity (Wildman–Crippen MR) is 12.3 cm³/mol. The van der Waals surface area contributed by atoms with Gasteiger partial charge < -0.3 is 0 Å². The second-order valence-corrected chi connectivity index (χ2v) is 2.09. The van der Waals surface area contributed by atoms with Gasteiger partial charge in [-0.15, -0.1) is 0 Å². The Hall–Kier alpha value is 1.28. The maximum absolute atomic E-state index is 9.10. The van der Waals surface area contributed by atoms with Gasteiger partial charge in [-0.05, 0) is 0 Å². The van der Waals surface area contributed by atoms with Gasteiger partial charge in [-0.25, -0.2) is 0 Å². The third kappa shape index (κ3) is 34.7. The predicted octanol–water partition coefficient (Wildman–Crippen LogP) is -4.10. The zero-order chi connectivity index (χ0) is 3.58. The van der Waals surface area contributed by atoms with Crippen molar-refractivity contribution in [1.82, 2.24) is 0 Å². The Bertz CT molecular complexity index is 32.6. The molecule has 0 radical (unpaired) electrons. The molecule has 0 aromatic rings. The second kappa shape index (κ2) is 5.28. The summed E-state index contributed by atoms with van der Waals surface area (Å²) < 4.78 is 18.2. The summed E-state index contributed by atoms with van der Waals surface area (Å²) in [7, 11) is 0. The number of rotatable bonds is 0. The standard InChI is InChI=1S/CH4O2Se.Na/c1-4(2)3;/h1H3,(H,2,3);/q;+1/p-1. The molecule has 0 saturated carbocycles. The molecule has 2 nitrogen and oxygen atoms in total. The van der Waals surface area contributed by atoms with Crippen molar-refractivity contribution >= 4 is 14.2 Å². The molecule has 0 saturated heterocycles. The Morgan fingerprint density at radius 3 is 1.80 bits per heavy atom. The average Bonchev–Trinajstić information content (AvgIpc) is 0.811. The third-order valence-electron chi connectivity index (χ3n) is 0. The molecule has 1 atom stereocenters. The molecule has 0 fully saturated rings. The van der Waals surface area contributed by atoms with Gasteiger partial charge in [0.2, 0.25) is 0 Å². The van der Waals surface area contributed by atoms with E-state index in [1.807, 2.05) is 0 Å². The quantitative estimate of drug-likeness (QED) is 0.328. The van der Waals surface area contributed by atoms with Gasteiger partial charge in [0.1, 0.15) is 0 Å². The van der Waals surface area contributed by atoms with E-state index in [1.54, 1.807) is 0 Å². The first-order valence-corrected chi connectivity index (χ1v) is 3.85. The van der Waals surface area contributed by atoms with Crippen LogP contribution in [0.2, 0.25) is 5.82 Å². The van der Waals surface area contributed by atoms with Gasteiger partial charge in [-0.3, -0.25) is 0 Å². The molecule has 0 amide bonds. The fourth-order valence-corrected chi connectivity index (χ4v) is 0. The van der Waals surface area contributed by atoms with Crippen LogP contribution in [0, 0.1) is 0 Å². The molecule has 0 aliphatic rings. The molecule has 0 aliphatic carbocycles. The Labute approximate surface area is 57.3 Å². The van der Waals surface area contributed by atoms with Gasteiger partial charge in [-0.2, -0.15) is 0 Å². The number of hydrogen-bond acceptors (Lipinski definition) is 2. The van der Waals surface area contributed by atoms with E-state index in [-0.39, 0.29) is 29.6 Å². The van der Waals surface area contributed by atoms with Crippen LogP contribution in [-0.4, -0.2) is 14.2 Å². The van der Waals surface area contributed by atoms with Crippen molar-refractivity contribution < 1.29 is 37.6 Å². The summed E-state index contributed by atoms with van der Waals surface area (Å²) in [6, 6.07) is 0. The van der Waals surface area contributed by atoms with E-state index >= 15 is 0 Å². The normalized spacial score (nSPS) is 12.4. The van der Waals surface area contributed by atoms with Gasteiger partial charge in [-0.1, -0.05) is 0 Å². The first-order valence-electron chi connectivity index (χ1n) is 0.742. The van der Waals surface area contributed by atoms with Crippen LogP contribution in [-0.2, 0) is 3.83 Å². The van der Waals surface area contributed by atoms with Crippen molar-refractivity contribution in [2.45, 2.75) is 5.82 Å². The van der Waals surface area contributed by atoms with E-state index in [0.29, 0.717) is 0 Å². The van der Waals surface area contributed by atoms with Crippen LogP contribution in [0.4, 0.5) is 0 Å². The molecule has 1 unspecified atom stereocenters. The molecule has 0 N–H and O–H groups in total. The minimum absolute atomic E-state index is 0. The average molecular weight is 149 g/mol. The number of hydrogen-bond donors (Lipinski definition) is 0. The Morgan fingerprint density at radius 2 is 1.80 bits per heavy atom. The summed E-state index contributed by atoms with van der Waals surface area (Å²) >= 11 is -2.54. The fraction of sp³-hybridized carbons (Fsp3) is 1.00. The molecule has 0 spiro atoms. The summed E-state index contributed by atoms with van der Waals surface area (Å²) in [6.07, 6.45) is 0. The Balaban J connectivity index is 0. The SMILES string of the molecule is C[Se](=O)[O-].[Na+]. The van der Waals surface area contributed by atoms with Crippen molar-refractivity contribution in [1.29, 1.82) is 0 Å². The molecule has 0 aromatic heterocycles. The molecule has 0 heterocycles. The molecule has 0 bridgehead atoms. The Kier molecular flexibility index (Phi) is 10.1. The summed E-state index contributed by atoms with van der Waals surface area (Å²) in [4.78, 5) is 0. The largest absolute Gasteiger partial charge is 1.00 e. The van der Waals surface area contributed by atoms with Crippen LogP contribution >= 0.6 is 0 Å². The monoisotopic (exact) mass is 150 g/mol. The molecular formula is CH3NaO2Se. The maximum atomic E-state index is 9.10. The summed E-state index contributed by atoms with van der Waals surface area (Å²) in [5.41, 5.74) is 0. The van der Waals surface area contributed by atoms with E-state index in [9.17, 15) is 0 Å². The van der Waals surface area contributed by atoms with Crippen molar-refractivity contribution in [3.05, 3.63) is 0 Å². The van der Waals surface area contributed by atoms with Gasteiger partial charge in [0, 0.05) is 0 Å². The first-order chi connectivity index (χ1) is 1.73. The van der Waals surface area contributed by atoms with E-state index < -0.39 is 14.2 Å². The summed E-state index contributed by atoms with van der Waals surface area (Å²) in [5.74, 6) is 1.18. The zero-order valence-corrected chi connectivity index (χ0v) is 6.94. The van der Waals surface area contributed by atoms with Crippen LogP contribution in [0.5, 0.6) is 0 Å². The second-order valence-electron chi connectivity index (χ2n) is 0.401. The van der Waals surface area contributed by atoms with Crippen molar-refractivity contribution in [3.63, 3.8) is 0 Å². The maximum Gasteiger partial charge on any atom is 1.00 e. The molecule has 5 heavy (non-hydrogen) atoms. The van der Waals surface area contributed by atoms with Crippen molar-refractivity contribution in [2.24, 2.45) is 0 Å². The van der Waals surface area contributed by atoms with Crippen LogP contribution in [0.15, 0.2) is 0 Å². The van der Waals surface area contributed by atoms with Gasteiger partial charge in [0.25, 0.3) is 0 Å². The first kappa shape index (κ1) is 9.56. The molecule has 4 heteroatoms. The van der Waals surface area contributed by atoms with E-state index in [2.05, 4.69) is 0 Å². The summed E-state index contributed by atoms with van der Waals surface area (Å²) in [5, 5.41) is 0. The molecule has 0 aliphatic heterocycles. The molecule has 26 valence electrons. The van der Waals surface area contributed by atoms with E-state index in [4.69, 9.17) is 8.02 Å². The van der Waals surface area contributed by atoms with Crippen LogP contribution in [0.3, 0.4) is 0 Å². The van der Waals surface area contributed by atoms with Gasteiger partial charge in [0.05, 0.1) is 0 Å². The van der Waals surface area contributed by atoms with E-state index in [0.717, 1.165) is 0 Å². The van der Waals surface area contributed by atoms with Gasteiger partial charge in [0.15, 0.2) is 0 Å².